The molecule has 0 amide bonds. The highest BCUT2D eigenvalue weighted by Gasteiger charge is 2.10. The highest BCUT2D eigenvalue weighted by atomic mass is 32.2. The first-order valence-electron chi connectivity index (χ1n) is 4.75. The Kier molecular flexibility index (Phi) is 3.36. The highest BCUT2D eigenvalue weighted by Crippen LogP contribution is 2.14. The van der Waals surface area contributed by atoms with Crippen LogP contribution in [0.25, 0.3) is 0 Å². The van der Waals surface area contributed by atoms with Gasteiger partial charge in [-0.25, -0.2) is 9.97 Å². The van der Waals surface area contributed by atoms with Crippen molar-refractivity contribution in [2.45, 2.75) is 12.1 Å². The third kappa shape index (κ3) is 2.70. The van der Waals surface area contributed by atoms with E-state index in [4.69, 9.17) is 4.42 Å². The third-order valence-corrected chi connectivity index (χ3v) is 2.76. The Balaban J connectivity index is 1.95. The van der Waals surface area contributed by atoms with Gasteiger partial charge in [-0.05, 0) is 25.1 Å². The quantitative estimate of drug-likeness (QED) is 0.461. The zero-order valence-electron chi connectivity index (χ0n) is 8.71. The minimum absolute atomic E-state index is 0.0555. The highest BCUT2D eigenvalue weighted by molar-refractivity contribution is 7.99. The number of carbonyl (C=O) groups excluding carboxylic acids is 1. The Morgan fingerprint density at radius 1 is 1.50 bits per heavy atom. The molecule has 4 nitrogen and oxygen atoms in total. The van der Waals surface area contributed by atoms with Gasteiger partial charge in [-0.1, -0.05) is 11.8 Å². The lowest BCUT2D eigenvalue weighted by molar-refractivity contribution is 0.0992. The van der Waals surface area contributed by atoms with Crippen LogP contribution in [-0.2, 0) is 0 Å². The first-order valence-corrected chi connectivity index (χ1v) is 5.73. The van der Waals surface area contributed by atoms with Gasteiger partial charge in [0.2, 0.25) is 5.78 Å². The Morgan fingerprint density at radius 2 is 2.38 bits per heavy atom. The summed E-state index contributed by atoms with van der Waals surface area (Å²) in [5.41, 5.74) is 0.892. The molecule has 0 aromatic carbocycles. The van der Waals surface area contributed by atoms with Gasteiger partial charge in [0, 0.05) is 11.9 Å². The molecule has 0 saturated heterocycles. The largest absolute Gasteiger partial charge is 0.461 e. The van der Waals surface area contributed by atoms with Gasteiger partial charge < -0.3 is 4.42 Å². The van der Waals surface area contributed by atoms with Crippen LogP contribution < -0.4 is 0 Å². The molecule has 0 aliphatic carbocycles. The van der Waals surface area contributed by atoms with Crippen molar-refractivity contribution in [3.8, 4) is 0 Å². The SMILES string of the molecule is Cc1ccnc(SCC(=O)c2ccco2)n1. The van der Waals surface area contributed by atoms with Crippen molar-refractivity contribution in [1.29, 1.82) is 0 Å². The molecular formula is C11H10N2O2S. The molecule has 0 aliphatic heterocycles. The van der Waals surface area contributed by atoms with Crippen LogP contribution in [0.5, 0.6) is 0 Å². The van der Waals surface area contributed by atoms with E-state index in [0.29, 0.717) is 10.9 Å². The van der Waals surface area contributed by atoms with Gasteiger partial charge in [0.15, 0.2) is 10.9 Å². The first-order chi connectivity index (χ1) is 7.75. The van der Waals surface area contributed by atoms with Crippen molar-refractivity contribution in [3.63, 3.8) is 0 Å². The van der Waals surface area contributed by atoms with Crippen LogP contribution in [0.1, 0.15) is 16.2 Å². The van der Waals surface area contributed by atoms with Gasteiger partial charge in [0.25, 0.3) is 0 Å². The number of rotatable bonds is 4. The number of furan rings is 1. The predicted molar refractivity (Wildman–Crippen MR) is 60.5 cm³/mol. The van der Waals surface area contributed by atoms with Gasteiger partial charge >= 0.3 is 0 Å². The summed E-state index contributed by atoms with van der Waals surface area (Å²) in [5, 5.41) is 0.611. The molecule has 2 rings (SSSR count). The normalized spacial score (nSPS) is 10.3. The summed E-state index contributed by atoms with van der Waals surface area (Å²) in [4.78, 5) is 19.9. The zero-order valence-corrected chi connectivity index (χ0v) is 9.53. The second kappa shape index (κ2) is 4.94. The number of hydrogen-bond donors (Lipinski definition) is 0. The van der Waals surface area contributed by atoms with Crippen molar-refractivity contribution in [1.82, 2.24) is 9.97 Å². The molecule has 0 unspecified atom stereocenters. The maximum Gasteiger partial charge on any atom is 0.208 e. The summed E-state index contributed by atoms with van der Waals surface area (Å²) in [6.07, 6.45) is 3.17. The molecule has 2 aromatic rings. The minimum atomic E-state index is -0.0555. The number of ketones is 1. The topological polar surface area (TPSA) is 56.0 Å². The molecule has 2 aromatic heterocycles. The monoisotopic (exact) mass is 234 g/mol. The van der Waals surface area contributed by atoms with Crippen LogP contribution in [0.15, 0.2) is 40.2 Å². The lowest BCUT2D eigenvalue weighted by Crippen LogP contribution is -2.01. The zero-order chi connectivity index (χ0) is 11.4. The minimum Gasteiger partial charge on any atom is -0.461 e. The molecule has 16 heavy (non-hydrogen) atoms. The van der Waals surface area contributed by atoms with Gasteiger partial charge in [-0.15, -0.1) is 0 Å². The van der Waals surface area contributed by atoms with Gasteiger partial charge in [-0.3, -0.25) is 4.79 Å². The van der Waals surface area contributed by atoms with Crippen LogP contribution in [-0.4, -0.2) is 21.5 Å². The summed E-state index contributed by atoms with van der Waals surface area (Å²) in [5.74, 6) is 0.608. The van der Waals surface area contributed by atoms with E-state index in [1.54, 1.807) is 18.3 Å². The molecule has 2 heterocycles. The van der Waals surface area contributed by atoms with E-state index in [1.165, 1.54) is 18.0 Å². The van der Waals surface area contributed by atoms with Crippen molar-refractivity contribution in [2.75, 3.05) is 5.75 Å². The number of Topliss-reactive ketones (excluding diaryl/α,β-unsaturated/α-hetero) is 1. The summed E-state index contributed by atoms with van der Waals surface area (Å²) < 4.78 is 5.00. The number of hydrogen-bond acceptors (Lipinski definition) is 5. The van der Waals surface area contributed by atoms with Crippen molar-refractivity contribution in [3.05, 3.63) is 42.1 Å². The van der Waals surface area contributed by atoms with E-state index < -0.39 is 0 Å². The summed E-state index contributed by atoms with van der Waals surface area (Å²) in [6.45, 7) is 1.89. The predicted octanol–water partition coefficient (Wildman–Crippen LogP) is 2.35. The second-order valence-electron chi connectivity index (χ2n) is 3.17. The molecular weight excluding hydrogens is 224 g/mol. The number of carbonyl (C=O) groups is 1. The average molecular weight is 234 g/mol. The second-order valence-corrected chi connectivity index (χ2v) is 4.11. The Bertz CT molecular complexity index is 482. The van der Waals surface area contributed by atoms with Gasteiger partial charge in [0.1, 0.15) is 0 Å². The molecule has 82 valence electrons. The van der Waals surface area contributed by atoms with E-state index >= 15 is 0 Å². The van der Waals surface area contributed by atoms with Gasteiger partial charge in [-0.2, -0.15) is 0 Å². The van der Waals surface area contributed by atoms with E-state index in [1.807, 2.05) is 13.0 Å². The third-order valence-electron chi connectivity index (χ3n) is 1.90. The smallest absolute Gasteiger partial charge is 0.208 e. The van der Waals surface area contributed by atoms with Crippen molar-refractivity contribution >= 4 is 17.5 Å². The van der Waals surface area contributed by atoms with E-state index in [-0.39, 0.29) is 11.5 Å². The number of thioether (sulfide) groups is 1. The molecule has 0 bridgehead atoms. The molecule has 0 saturated carbocycles. The molecule has 5 heteroatoms. The first kappa shape index (κ1) is 10.9. The summed E-state index contributed by atoms with van der Waals surface area (Å²) in [7, 11) is 0. The molecule has 0 aliphatic rings. The van der Waals surface area contributed by atoms with Crippen LogP contribution >= 0.6 is 11.8 Å². The Hall–Kier alpha value is -1.62. The Labute approximate surface area is 97.1 Å². The maximum absolute atomic E-state index is 11.6. The molecule has 0 spiro atoms. The fourth-order valence-corrected chi connectivity index (χ4v) is 1.88. The molecule has 0 N–H and O–H groups in total. The standard InChI is InChI=1S/C11H10N2O2S/c1-8-4-5-12-11(13-8)16-7-9(14)10-3-2-6-15-10/h2-6H,7H2,1H3. The van der Waals surface area contributed by atoms with Crippen LogP contribution in [0, 0.1) is 6.92 Å². The fraction of sp³-hybridized carbons (Fsp3) is 0.182. The summed E-state index contributed by atoms with van der Waals surface area (Å²) >= 11 is 1.31. The Morgan fingerprint density at radius 3 is 3.06 bits per heavy atom. The van der Waals surface area contributed by atoms with Crippen LogP contribution in [0.2, 0.25) is 0 Å². The molecule has 0 fully saturated rings. The number of aromatic nitrogens is 2. The van der Waals surface area contributed by atoms with E-state index in [0.717, 1.165) is 5.69 Å². The molecule has 0 radical (unpaired) electrons. The van der Waals surface area contributed by atoms with Gasteiger partial charge in [0.05, 0.1) is 12.0 Å². The van der Waals surface area contributed by atoms with Crippen molar-refractivity contribution < 1.29 is 9.21 Å². The fourth-order valence-electron chi connectivity index (χ4n) is 1.13. The van der Waals surface area contributed by atoms with Crippen LogP contribution in [0.4, 0.5) is 0 Å². The van der Waals surface area contributed by atoms with E-state index in [2.05, 4.69) is 9.97 Å². The van der Waals surface area contributed by atoms with Crippen molar-refractivity contribution in [2.24, 2.45) is 0 Å². The molecule has 0 atom stereocenters. The number of nitrogens with zero attached hydrogens (tertiary/aromatic N) is 2. The number of aryl methyl sites for hydroxylation is 1. The van der Waals surface area contributed by atoms with Crippen LogP contribution in [0.3, 0.4) is 0 Å². The average Bonchev–Trinajstić information content (AvgIpc) is 2.79. The van der Waals surface area contributed by atoms with E-state index in [9.17, 15) is 4.79 Å². The summed E-state index contributed by atoms with van der Waals surface area (Å²) in [6, 6.07) is 5.17. The maximum atomic E-state index is 11.6. The lowest BCUT2D eigenvalue weighted by Gasteiger charge is -1.98. The lowest BCUT2D eigenvalue weighted by atomic mass is 10.3.